The van der Waals surface area contributed by atoms with Gasteiger partial charge in [0.1, 0.15) is 0 Å². The predicted molar refractivity (Wildman–Crippen MR) is 105 cm³/mol. The second-order valence-electron chi connectivity index (χ2n) is 8.00. The zero-order chi connectivity index (χ0) is 16.0. The van der Waals surface area contributed by atoms with Crippen LogP contribution in [0.25, 0.3) is 0 Å². The highest BCUT2D eigenvalue weighted by Crippen LogP contribution is 2.22. The molecule has 22 heavy (non-hydrogen) atoms. The first kappa shape index (κ1) is 24.5. The monoisotopic (exact) mass is 333 g/mol. The third kappa shape index (κ3) is 16.6. The van der Waals surface area contributed by atoms with E-state index >= 15 is 0 Å². The summed E-state index contributed by atoms with van der Waals surface area (Å²) in [4.78, 5) is 0. The maximum absolute atomic E-state index is 6.19. The van der Waals surface area contributed by atoms with Crippen LogP contribution in [0.5, 0.6) is 0 Å². The minimum Gasteiger partial charge on any atom is -0.327 e. The fourth-order valence-corrected chi connectivity index (χ4v) is 2.82. The Bertz CT molecular complexity index is 210. The van der Waals surface area contributed by atoms with Crippen LogP contribution in [0.2, 0.25) is 0 Å². The molecule has 0 saturated carbocycles. The van der Waals surface area contributed by atoms with Crippen molar-refractivity contribution in [1.82, 2.24) is 0 Å². The van der Waals surface area contributed by atoms with Gasteiger partial charge in [-0.05, 0) is 11.8 Å². The molecule has 0 aromatic heterocycles. The van der Waals surface area contributed by atoms with Gasteiger partial charge < -0.3 is 5.73 Å². The summed E-state index contributed by atoms with van der Waals surface area (Å²) in [6.45, 7) is 9.04. The molecule has 0 saturated heterocycles. The van der Waals surface area contributed by atoms with Crippen LogP contribution in [0, 0.1) is 5.41 Å². The van der Waals surface area contributed by atoms with Crippen LogP contribution in [-0.2, 0) is 0 Å². The first-order chi connectivity index (χ1) is 9.98. The van der Waals surface area contributed by atoms with Gasteiger partial charge >= 0.3 is 0 Å². The lowest BCUT2D eigenvalue weighted by atomic mass is 9.84. The third-order valence-corrected chi connectivity index (χ3v) is 4.73. The van der Waals surface area contributed by atoms with E-state index in [0.717, 1.165) is 0 Å². The highest BCUT2D eigenvalue weighted by Gasteiger charge is 2.19. The van der Waals surface area contributed by atoms with E-state index in [0.29, 0.717) is 6.04 Å². The van der Waals surface area contributed by atoms with Crippen LogP contribution >= 0.6 is 12.4 Å². The summed E-state index contributed by atoms with van der Waals surface area (Å²) in [6, 6.07) is 0.366. The highest BCUT2D eigenvalue weighted by atomic mass is 35.5. The summed E-state index contributed by atoms with van der Waals surface area (Å²) in [6.07, 6.45) is 19.7. The largest absolute Gasteiger partial charge is 0.327 e. The Balaban J connectivity index is 0. The molecule has 0 radical (unpaired) electrons. The summed E-state index contributed by atoms with van der Waals surface area (Å²) in [7, 11) is 0. The van der Waals surface area contributed by atoms with Crippen LogP contribution in [0.3, 0.4) is 0 Å². The van der Waals surface area contributed by atoms with Crippen LogP contribution in [-0.4, -0.2) is 6.04 Å². The zero-order valence-electron chi connectivity index (χ0n) is 16.0. The molecule has 2 N–H and O–H groups in total. The molecule has 136 valence electrons. The number of hydrogen-bond donors (Lipinski definition) is 1. The number of halogens is 1. The van der Waals surface area contributed by atoms with Gasteiger partial charge in [-0.3, -0.25) is 0 Å². The summed E-state index contributed by atoms with van der Waals surface area (Å²) in [5, 5.41) is 0. The Morgan fingerprint density at radius 2 is 0.955 bits per heavy atom. The quantitative estimate of drug-likeness (QED) is 0.332. The molecule has 2 heteroatoms. The van der Waals surface area contributed by atoms with Crippen molar-refractivity contribution >= 4 is 12.4 Å². The van der Waals surface area contributed by atoms with Gasteiger partial charge in [0.15, 0.2) is 0 Å². The van der Waals surface area contributed by atoms with E-state index in [1.807, 2.05) is 0 Å². The first-order valence-electron chi connectivity index (χ1n) is 9.74. The lowest BCUT2D eigenvalue weighted by Gasteiger charge is -2.26. The summed E-state index contributed by atoms with van der Waals surface area (Å²) < 4.78 is 0. The standard InChI is InChI=1S/C20H43N.ClH/c1-5-6-7-8-9-10-11-12-13-14-15-16-17-18-19(21)20(2,3)4;/h19H,5-18,21H2,1-4H3;1H. The molecule has 0 heterocycles. The number of unbranched alkanes of at least 4 members (excludes halogenated alkanes) is 12. The summed E-state index contributed by atoms with van der Waals surface area (Å²) >= 11 is 0. The highest BCUT2D eigenvalue weighted by molar-refractivity contribution is 5.85. The molecule has 0 aliphatic heterocycles. The molecule has 0 amide bonds. The van der Waals surface area contributed by atoms with E-state index in [2.05, 4.69) is 27.7 Å². The molecule has 0 aromatic carbocycles. The average molecular weight is 334 g/mol. The van der Waals surface area contributed by atoms with Crippen LogP contribution in [0.15, 0.2) is 0 Å². The fourth-order valence-electron chi connectivity index (χ4n) is 2.82. The van der Waals surface area contributed by atoms with Crippen molar-refractivity contribution in [1.29, 1.82) is 0 Å². The Labute approximate surface area is 147 Å². The molecule has 1 unspecified atom stereocenters. The average Bonchev–Trinajstić information content (AvgIpc) is 2.42. The van der Waals surface area contributed by atoms with Crippen molar-refractivity contribution in [3.8, 4) is 0 Å². The van der Waals surface area contributed by atoms with Crippen molar-refractivity contribution < 1.29 is 0 Å². The fraction of sp³-hybridized carbons (Fsp3) is 1.00. The van der Waals surface area contributed by atoms with Crippen molar-refractivity contribution in [2.24, 2.45) is 11.1 Å². The molecule has 0 rings (SSSR count). The SMILES string of the molecule is CCCCCCCCCCCCCCCC(N)C(C)(C)C.Cl. The Morgan fingerprint density at radius 3 is 1.27 bits per heavy atom. The van der Waals surface area contributed by atoms with Crippen molar-refractivity contribution in [3.63, 3.8) is 0 Å². The van der Waals surface area contributed by atoms with E-state index in [1.54, 1.807) is 0 Å². The molecule has 0 aliphatic carbocycles. The summed E-state index contributed by atoms with van der Waals surface area (Å²) in [5.74, 6) is 0. The molecule has 0 bridgehead atoms. The molecular weight excluding hydrogens is 290 g/mol. The van der Waals surface area contributed by atoms with E-state index in [-0.39, 0.29) is 17.8 Å². The second-order valence-corrected chi connectivity index (χ2v) is 8.00. The normalized spacial score (nSPS) is 13.0. The minimum atomic E-state index is 0. The van der Waals surface area contributed by atoms with Gasteiger partial charge in [0, 0.05) is 6.04 Å². The molecule has 1 atom stereocenters. The Kier molecular flexibility index (Phi) is 18.0. The molecule has 0 aromatic rings. The van der Waals surface area contributed by atoms with Gasteiger partial charge in [0.25, 0.3) is 0 Å². The maximum atomic E-state index is 6.19. The van der Waals surface area contributed by atoms with Gasteiger partial charge in [-0.25, -0.2) is 0 Å². The molecule has 0 fully saturated rings. The van der Waals surface area contributed by atoms with Crippen molar-refractivity contribution in [2.75, 3.05) is 0 Å². The lowest BCUT2D eigenvalue weighted by Crippen LogP contribution is -2.34. The topological polar surface area (TPSA) is 26.0 Å². The summed E-state index contributed by atoms with van der Waals surface area (Å²) in [5.41, 5.74) is 6.46. The van der Waals surface area contributed by atoms with Gasteiger partial charge in [-0.1, -0.05) is 111 Å². The van der Waals surface area contributed by atoms with Crippen LogP contribution in [0.1, 0.15) is 118 Å². The van der Waals surface area contributed by atoms with Crippen molar-refractivity contribution in [3.05, 3.63) is 0 Å². The molecule has 0 spiro atoms. The smallest absolute Gasteiger partial charge is 0.00876 e. The van der Waals surface area contributed by atoms with Gasteiger partial charge in [-0.15, -0.1) is 12.4 Å². The van der Waals surface area contributed by atoms with Gasteiger partial charge in [0.05, 0.1) is 0 Å². The number of hydrogen-bond acceptors (Lipinski definition) is 1. The van der Waals surface area contributed by atoms with E-state index in [1.165, 1.54) is 89.9 Å². The number of nitrogens with two attached hydrogens (primary N) is 1. The number of rotatable bonds is 14. The molecule has 0 aliphatic rings. The van der Waals surface area contributed by atoms with Crippen LogP contribution in [0.4, 0.5) is 0 Å². The second kappa shape index (κ2) is 16.1. The lowest BCUT2D eigenvalue weighted by molar-refractivity contribution is 0.298. The Hall–Kier alpha value is 0.250. The van der Waals surface area contributed by atoms with Gasteiger partial charge in [0.2, 0.25) is 0 Å². The van der Waals surface area contributed by atoms with Crippen LogP contribution < -0.4 is 5.73 Å². The molecule has 1 nitrogen and oxygen atoms in total. The van der Waals surface area contributed by atoms with E-state index in [9.17, 15) is 0 Å². The zero-order valence-corrected chi connectivity index (χ0v) is 16.8. The van der Waals surface area contributed by atoms with E-state index in [4.69, 9.17) is 5.73 Å². The van der Waals surface area contributed by atoms with E-state index < -0.39 is 0 Å². The minimum absolute atomic E-state index is 0. The predicted octanol–water partition coefficient (Wildman–Crippen LogP) is 7.26. The third-order valence-electron chi connectivity index (χ3n) is 4.73. The first-order valence-corrected chi connectivity index (χ1v) is 9.74. The Morgan fingerprint density at radius 1 is 0.636 bits per heavy atom. The maximum Gasteiger partial charge on any atom is 0.00876 e. The van der Waals surface area contributed by atoms with Crippen molar-refractivity contribution in [2.45, 2.75) is 124 Å². The van der Waals surface area contributed by atoms with Gasteiger partial charge in [-0.2, -0.15) is 0 Å². The molecular formula is C20H44ClN.